The molecule has 0 saturated carbocycles. The van der Waals surface area contributed by atoms with Crippen LogP contribution in [0.25, 0.3) is 0 Å². The van der Waals surface area contributed by atoms with E-state index in [1.54, 1.807) is 6.92 Å². The highest BCUT2D eigenvalue weighted by Gasteiger charge is 2.16. The predicted octanol–water partition coefficient (Wildman–Crippen LogP) is 3.71. The average Bonchev–Trinajstić information content (AvgIpc) is 2.73. The van der Waals surface area contributed by atoms with Gasteiger partial charge >= 0.3 is 5.97 Å². The van der Waals surface area contributed by atoms with Gasteiger partial charge in [0.05, 0.1) is 15.7 Å². The Balaban J connectivity index is 2.21. The minimum atomic E-state index is -1.07. The van der Waals surface area contributed by atoms with Crippen molar-refractivity contribution in [1.82, 2.24) is 4.98 Å². The Hall–Kier alpha value is -1.63. The van der Waals surface area contributed by atoms with Crippen molar-refractivity contribution in [3.63, 3.8) is 0 Å². The number of carboxylic acid groups (broad SMARTS) is 1. The molecule has 2 rings (SSSR count). The van der Waals surface area contributed by atoms with Crippen LogP contribution in [0.2, 0.25) is 10.0 Å². The van der Waals surface area contributed by atoms with Gasteiger partial charge in [0.2, 0.25) is 0 Å². The SMILES string of the molecule is Cc1nc(NC(=O)c2ccc(Cl)c(Cl)c2)sc1C(=O)O. The molecule has 0 spiro atoms. The summed E-state index contributed by atoms with van der Waals surface area (Å²) in [4.78, 5) is 26.9. The second kappa shape index (κ2) is 5.78. The normalized spacial score (nSPS) is 10.3. The van der Waals surface area contributed by atoms with Crippen LogP contribution >= 0.6 is 34.5 Å². The summed E-state index contributed by atoms with van der Waals surface area (Å²) < 4.78 is 0. The summed E-state index contributed by atoms with van der Waals surface area (Å²) >= 11 is 12.5. The van der Waals surface area contributed by atoms with Gasteiger partial charge in [0, 0.05) is 5.56 Å². The molecule has 1 aromatic heterocycles. The first-order valence-corrected chi connectivity index (χ1v) is 6.93. The van der Waals surface area contributed by atoms with Gasteiger partial charge in [-0.15, -0.1) is 0 Å². The van der Waals surface area contributed by atoms with Crippen molar-refractivity contribution in [3.05, 3.63) is 44.4 Å². The average molecular weight is 331 g/mol. The number of carbonyl (C=O) groups excluding carboxylic acids is 1. The summed E-state index contributed by atoms with van der Waals surface area (Å²) in [6, 6.07) is 4.45. The Bertz CT molecular complexity index is 700. The molecule has 1 heterocycles. The fourth-order valence-corrected chi connectivity index (χ4v) is 2.55. The maximum Gasteiger partial charge on any atom is 0.347 e. The molecule has 1 aromatic carbocycles. The first kappa shape index (κ1) is 14.8. The number of carboxylic acids is 1. The Labute approximate surface area is 128 Å². The Kier molecular flexibility index (Phi) is 4.27. The molecular weight excluding hydrogens is 323 g/mol. The molecule has 104 valence electrons. The lowest BCUT2D eigenvalue weighted by Crippen LogP contribution is -2.11. The van der Waals surface area contributed by atoms with Crippen LogP contribution in [0, 0.1) is 6.92 Å². The number of aromatic nitrogens is 1. The second-order valence-corrected chi connectivity index (χ2v) is 5.64. The van der Waals surface area contributed by atoms with E-state index in [4.69, 9.17) is 28.3 Å². The van der Waals surface area contributed by atoms with E-state index in [2.05, 4.69) is 10.3 Å². The number of hydrogen-bond donors (Lipinski definition) is 2. The van der Waals surface area contributed by atoms with Gasteiger partial charge in [-0.25, -0.2) is 9.78 Å². The van der Waals surface area contributed by atoms with E-state index in [-0.39, 0.29) is 15.0 Å². The number of anilines is 1. The fraction of sp³-hybridized carbons (Fsp3) is 0.0833. The van der Waals surface area contributed by atoms with Crippen LogP contribution in [0.4, 0.5) is 5.13 Å². The van der Waals surface area contributed by atoms with E-state index < -0.39 is 11.9 Å². The molecule has 0 aliphatic carbocycles. The molecule has 1 amide bonds. The topological polar surface area (TPSA) is 79.3 Å². The molecule has 0 aliphatic rings. The Morgan fingerprint density at radius 1 is 1.30 bits per heavy atom. The molecule has 0 atom stereocenters. The lowest BCUT2D eigenvalue weighted by Gasteiger charge is -2.03. The third-order valence-corrected chi connectivity index (χ3v) is 4.19. The molecule has 0 radical (unpaired) electrons. The zero-order valence-corrected chi connectivity index (χ0v) is 12.4. The van der Waals surface area contributed by atoms with Gasteiger partial charge in [0.1, 0.15) is 4.88 Å². The first-order chi connectivity index (χ1) is 9.38. The van der Waals surface area contributed by atoms with Crippen LogP contribution in [-0.2, 0) is 0 Å². The van der Waals surface area contributed by atoms with Gasteiger partial charge in [-0.2, -0.15) is 0 Å². The van der Waals surface area contributed by atoms with Crippen molar-refractivity contribution in [2.75, 3.05) is 5.32 Å². The minimum absolute atomic E-state index is 0.0921. The molecular formula is C12H8Cl2N2O3S. The number of carbonyl (C=O) groups is 2. The van der Waals surface area contributed by atoms with Crippen LogP contribution in [0.15, 0.2) is 18.2 Å². The van der Waals surface area contributed by atoms with E-state index in [1.807, 2.05) is 0 Å². The second-order valence-electron chi connectivity index (χ2n) is 3.82. The maximum absolute atomic E-state index is 12.0. The zero-order valence-electron chi connectivity index (χ0n) is 10.1. The molecule has 5 nitrogen and oxygen atoms in total. The highest BCUT2D eigenvalue weighted by atomic mass is 35.5. The highest BCUT2D eigenvalue weighted by Crippen LogP contribution is 2.25. The zero-order chi connectivity index (χ0) is 14.9. The van der Waals surface area contributed by atoms with Crippen molar-refractivity contribution >= 4 is 51.5 Å². The van der Waals surface area contributed by atoms with Gasteiger partial charge < -0.3 is 5.11 Å². The smallest absolute Gasteiger partial charge is 0.347 e. The highest BCUT2D eigenvalue weighted by molar-refractivity contribution is 7.17. The van der Waals surface area contributed by atoms with Gasteiger partial charge in [-0.1, -0.05) is 34.5 Å². The number of aryl methyl sites for hydroxylation is 1. The summed E-state index contributed by atoms with van der Waals surface area (Å²) in [5, 5.41) is 12.3. The third-order valence-electron chi connectivity index (χ3n) is 2.39. The van der Waals surface area contributed by atoms with E-state index in [0.29, 0.717) is 16.3 Å². The summed E-state index contributed by atoms with van der Waals surface area (Å²) in [6.45, 7) is 1.56. The van der Waals surface area contributed by atoms with Crippen molar-refractivity contribution < 1.29 is 14.7 Å². The summed E-state index contributed by atoms with van der Waals surface area (Å²) in [6.07, 6.45) is 0. The first-order valence-electron chi connectivity index (χ1n) is 5.35. The Morgan fingerprint density at radius 3 is 2.55 bits per heavy atom. The van der Waals surface area contributed by atoms with Gasteiger partial charge in [-0.05, 0) is 25.1 Å². The fourth-order valence-electron chi connectivity index (χ4n) is 1.45. The minimum Gasteiger partial charge on any atom is -0.477 e. The lowest BCUT2D eigenvalue weighted by atomic mass is 10.2. The monoisotopic (exact) mass is 330 g/mol. The van der Waals surface area contributed by atoms with Gasteiger partial charge in [-0.3, -0.25) is 10.1 Å². The summed E-state index contributed by atoms with van der Waals surface area (Å²) in [7, 11) is 0. The lowest BCUT2D eigenvalue weighted by molar-refractivity contribution is 0.0701. The van der Waals surface area contributed by atoms with Gasteiger partial charge in [0.15, 0.2) is 5.13 Å². The number of nitrogens with one attached hydrogen (secondary N) is 1. The van der Waals surface area contributed by atoms with Crippen molar-refractivity contribution in [3.8, 4) is 0 Å². The number of hydrogen-bond acceptors (Lipinski definition) is 4. The molecule has 0 aliphatic heterocycles. The van der Waals surface area contributed by atoms with E-state index >= 15 is 0 Å². The molecule has 2 N–H and O–H groups in total. The van der Waals surface area contributed by atoms with Crippen molar-refractivity contribution in [2.45, 2.75) is 6.92 Å². The van der Waals surface area contributed by atoms with Crippen LogP contribution in [0.3, 0.4) is 0 Å². The van der Waals surface area contributed by atoms with Gasteiger partial charge in [0.25, 0.3) is 5.91 Å². The van der Waals surface area contributed by atoms with Crippen LogP contribution in [-0.4, -0.2) is 22.0 Å². The largest absolute Gasteiger partial charge is 0.477 e. The van der Waals surface area contributed by atoms with Crippen LogP contribution in [0.5, 0.6) is 0 Å². The van der Waals surface area contributed by atoms with E-state index in [9.17, 15) is 9.59 Å². The molecule has 0 bridgehead atoms. The molecule has 2 aromatic rings. The molecule has 8 heteroatoms. The number of thiazole rings is 1. The number of amides is 1. The Morgan fingerprint density at radius 2 is 2.00 bits per heavy atom. The van der Waals surface area contributed by atoms with Crippen LogP contribution in [0.1, 0.15) is 25.7 Å². The standard InChI is InChI=1S/C12H8Cl2N2O3S/c1-5-9(11(18)19)20-12(15-5)16-10(17)6-2-3-7(13)8(14)4-6/h2-4H,1H3,(H,18,19)(H,15,16,17). The van der Waals surface area contributed by atoms with E-state index in [1.165, 1.54) is 18.2 Å². The van der Waals surface area contributed by atoms with Crippen molar-refractivity contribution in [2.24, 2.45) is 0 Å². The number of benzene rings is 1. The number of aromatic carboxylic acids is 1. The molecule has 20 heavy (non-hydrogen) atoms. The summed E-state index contributed by atoms with van der Waals surface area (Å²) in [5.74, 6) is -1.51. The number of nitrogens with zero attached hydrogens (tertiary/aromatic N) is 1. The molecule has 0 fully saturated rings. The third kappa shape index (κ3) is 3.09. The maximum atomic E-state index is 12.0. The molecule has 0 unspecified atom stereocenters. The summed E-state index contributed by atoms with van der Waals surface area (Å²) in [5.41, 5.74) is 0.663. The molecule has 0 saturated heterocycles. The van der Waals surface area contributed by atoms with E-state index in [0.717, 1.165) is 11.3 Å². The quantitative estimate of drug-likeness (QED) is 0.899. The number of halogens is 2. The van der Waals surface area contributed by atoms with Crippen LogP contribution < -0.4 is 5.32 Å². The predicted molar refractivity (Wildman–Crippen MR) is 78.2 cm³/mol. The van der Waals surface area contributed by atoms with Crippen molar-refractivity contribution in [1.29, 1.82) is 0 Å². The number of rotatable bonds is 3.